The Kier molecular flexibility index (Phi) is 5.76. The lowest BCUT2D eigenvalue weighted by molar-refractivity contribution is 0.00536. The zero-order valence-corrected chi connectivity index (χ0v) is 12.2. The van der Waals surface area contributed by atoms with Gasteiger partial charge in [0.1, 0.15) is 11.6 Å². The highest BCUT2D eigenvalue weighted by Crippen LogP contribution is 2.22. The van der Waals surface area contributed by atoms with E-state index in [-0.39, 0.29) is 17.5 Å². The smallest absolute Gasteiger partial charge is 0.123 e. The average Bonchev–Trinajstić information content (AvgIpc) is 2.31. The lowest BCUT2D eigenvalue weighted by Gasteiger charge is -2.23. The zero-order valence-electron chi connectivity index (χ0n) is 12.2. The summed E-state index contributed by atoms with van der Waals surface area (Å²) in [6.07, 6.45) is 1.36. The molecule has 108 valence electrons. The molecule has 0 aliphatic rings. The minimum Gasteiger partial charge on any atom is -0.493 e. The van der Waals surface area contributed by atoms with E-state index in [9.17, 15) is 4.39 Å². The van der Waals surface area contributed by atoms with E-state index >= 15 is 0 Å². The van der Waals surface area contributed by atoms with Gasteiger partial charge in [-0.05, 0) is 51.0 Å². The zero-order chi connectivity index (χ0) is 14.5. The number of ether oxygens (including phenoxy) is 2. The second-order valence-corrected chi connectivity index (χ2v) is 5.50. The van der Waals surface area contributed by atoms with Crippen LogP contribution in [0.4, 0.5) is 4.39 Å². The van der Waals surface area contributed by atoms with Crippen molar-refractivity contribution in [2.75, 3.05) is 13.7 Å². The Morgan fingerprint density at radius 3 is 2.63 bits per heavy atom. The quantitative estimate of drug-likeness (QED) is 0.827. The number of halogens is 1. The summed E-state index contributed by atoms with van der Waals surface area (Å²) in [4.78, 5) is 0. The fourth-order valence-electron chi connectivity index (χ4n) is 1.70. The molecule has 0 spiro atoms. The van der Waals surface area contributed by atoms with Crippen LogP contribution in [-0.4, -0.2) is 25.4 Å². The number of methoxy groups -OCH3 is 1. The largest absolute Gasteiger partial charge is 0.493 e. The summed E-state index contributed by atoms with van der Waals surface area (Å²) in [5.74, 6) is 0.436. The molecule has 0 aliphatic heterocycles. The molecule has 0 bridgehead atoms. The molecule has 0 aromatic heterocycles. The Hall–Kier alpha value is -1.13. The molecule has 0 heterocycles. The lowest BCUT2D eigenvalue weighted by atomic mass is 10.1. The summed E-state index contributed by atoms with van der Waals surface area (Å²) in [5, 5.41) is 0. The van der Waals surface area contributed by atoms with Gasteiger partial charge in [-0.2, -0.15) is 0 Å². The first-order chi connectivity index (χ1) is 8.84. The summed E-state index contributed by atoms with van der Waals surface area (Å²) in [6, 6.07) is 4.52. The summed E-state index contributed by atoms with van der Waals surface area (Å²) in [7, 11) is 1.68. The van der Waals surface area contributed by atoms with Crippen LogP contribution in [0.3, 0.4) is 0 Å². The summed E-state index contributed by atoms with van der Waals surface area (Å²) in [6.45, 7) is 6.43. The third-order valence-corrected chi connectivity index (χ3v) is 3.08. The first-order valence-corrected chi connectivity index (χ1v) is 6.56. The van der Waals surface area contributed by atoms with Gasteiger partial charge in [0.2, 0.25) is 0 Å². The van der Waals surface area contributed by atoms with Crippen molar-refractivity contribution in [1.29, 1.82) is 0 Å². The Labute approximate surface area is 114 Å². The van der Waals surface area contributed by atoms with Crippen LogP contribution in [0.1, 0.15) is 32.8 Å². The van der Waals surface area contributed by atoms with Crippen molar-refractivity contribution in [3.63, 3.8) is 0 Å². The minimum absolute atomic E-state index is 0.0282. The number of benzene rings is 1. The van der Waals surface area contributed by atoms with Gasteiger partial charge >= 0.3 is 0 Å². The number of nitrogens with two attached hydrogens (primary N) is 1. The van der Waals surface area contributed by atoms with Crippen LogP contribution < -0.4 is 10.5 Å². The van der Waals surface area contributed by atoms with Crippen LogP contribution in [0.15, 0.2) is 18.2 Å². The molecule has 1 atom stereocenters. The molecule has 4 heteroatoms. The molecule has 0 radical (unpaired) electrons. The lowest BCUT2D eigenvalue weighted by Crippen LogP contribution is -2.25. The molecule has 1 rings (SSSR count). The highest BCUT2D eigenvalue weighted by molar-refractivity contribution is 5.34. The fraction of sp³-hybridized carbons (Fsp3) is 0.600. The predicted molar refractivity (Wildman–Crippen MR) is 75.0 cm³/mol. The standard InChI is InChI=1S/C15H24FNO2/c1-11(17)9-12-10-13(16)5-6-14(12)19-8-7-15(2,3)18-4/h5-6,10-11H,7-9,17H2,1-4H3. The Balaban J connectivity index is 2.67. The normalized spacial score (nSPS) is 13.4. The molecule has 3 nitrogen and oxygen atoms in total. The Morgan fingerprint density at radius 2 is 2.05 bits per heavy atom. The monoisotopic (exact) mass is 269 g/mol. The van der Waals surface area contributed by atoms with E-state index in [2.05, 4.69) is 0 Å². The van der Waals surface area contributed by atoms with Crippen molar-refractivity contribution in [1.82, 2.24) is 0 Å². The molecular weight excluding hydrogens is 245 g/mol. The number of hydrogen-bond donors (Lipinski definition) is 1. The van der Waals surface area contributed by atoms with E-state index in [1.165, 1.54) is 12.1 Å². The molecule has 0 saturated heterocycles. The third kappa shape index (κ3) is 5.57. The first-order valence-electron chi connectivity index (χ1n) is 6.56. The molecule has 0 saturated carbocycles. The van der Waals surface area contributed by atoms with Crippen LogP contribution in [0, 0.1) is 5.82 Å². The van der Waals surface area contributed by atoms with Crippen molar-refractivity contribution in [3.8, 4) is 5.75 Å². The van der Waals surface area contributed by atoms with E-state index in [0.29, 0.717) is 18.8 Å². The molecule has 0 amide bonds. The van der Waals surface area contributed by atoms with E-state index in [1.54, 1.807) is 13.2 Å². The second-order valence-electron chi connectivity index (χ2n) is 5.50. The molecule has 19 heavy (non-hydrogen) atoms. The van der Waals surface area contributed by atoms with Crippen LogP contribution in [0.25, 0.3) is 0 Å². The third-order valence-electron chi connectivity index (χ3n) is 3.08. The molecular formula is C15H24FNO2. The summed E-state index contributed by atoms with van der Waals surface area (Å²) < 4.78 is 24.3. The Morgan fingerprint density at radius 1 is 1.37 bits per heavy atom. The highest BCUT2D eigenvalue weighted by atomic mass is 19.1. The van der Waals surface area contributed by atoms with Crippen LogP contribution >= 0.6 is 0 Å². The van der Waals surface area contributed by atoms with Gasteiger partial charge in [0.25, 0.3) is 0 Å². The first kappa shape index (κ1) is 15.9. The van der Waals surface area contributed by atoms with Gasteiger partial charge in [0.05, 0.1) is 12.2 Å². The summed E-state index contributed by atoms with van der Waals surface area (Å²) in [5.41, 5.74) is 6.35. The molecule has 1 aromatic carbocycles. The predicted octanol–water partition coefficient (Wildman–Crippen LogP) is 2.91. The summed E-state index contributed by atoms with van der Waals surface area (Å²) >= 11 is 0. The van der Waals surface area contributed by atoms with E-state index in [1.807, 2.05) is 20.8 Å². The molecule has 0 fully saturated rings. The molecule has 2 N–H and O–H groups in total. The van der Waals surface area contributed by atoms with Crippen LogP contribution in [-0.2, 0) is 11.2 Å². The number of hydrogen-bond acceptors (Lipinski definition) is 3. The van der Waals surface area contributed by atoms with Gasteiger partial charge in [-0.3, -0.25) is 0 Å². The number of rotatable bonds is 7. The Bertz CT molecular complexity index is 405. The van der Waals surface area contributed by atoms with Crippen LogP contribution in [0.2, 0.25) is 0 Å². The maximum Gasteiger partial charge on any atom is 0.123 e. The van der Waals surface area contributed by atoms with Crippen molar-refractivity contribution >= 4 is 0 Å². The van der Waals surface area contributed by atoms with Gasteiger partial charge in [0.15, 0.2) is 0 Å². The van der Waals surface area contributed by atoms with E-state index in [4.69, 9.17) is 15.2 Å². The topological polar surface area (TPSA) is 44.5 Å². The van der Waals surface area contributed by atoms with Crippen molar-refractivity contribution in [2.24, 2.45) is 5.73 Å². The van der Waals surface area contributed by atoms with Gasteiger partial charge in [-0.25, -0.2) is 4.39 Å². The van der Waals surface area contributed by atoms with Crippen LogP contribution in [0.5, 0.6) is 5.75 Å². The maximum atomic E-state index is 13.2. The molecule has 1 aromatic rings. The second kappa shape index (κ2) is 6.87. The average molecular weight is 269 g/mol. The fourth-order valence-corrected chi connectivity index (χ4v) is 1.70. The molecule has 1 unspecified atom stereocenters. The highest BCUT2D eigenvalue weighted by Gasteiger charge is 2.16. The van der Waals surface area contributed by atoms with Crippen molar-refractivity contribution in [3.05, 3.63) is 29.6 Å². The SMILES string of the molecule is COC(C)(C)CCOc1ccc(F)cc1CC(C)N. The minimum atomic E-state index is -0.264. The van der Waals surface area contributed by atoms with E-state index < -0.39 is 0 Å². The van der Waals surface area contributed by atoms with Gasteiger partial charge in [-0.1, -0.05) is 0 Å². The molecule has 0 aliphatic carbocycles. The van der Waals surface area contributed by atoms with Crippen molar-refractivity contribution in [2.45, 2.75) is 45.3 Å². The van der Waals surface area contributed by atoms with Crippen molar-refractivity contribution < 1.29 is 13.9 Å². The van der Waals surface area contributed by atoms with Gasteiger partial charge in [0, 0.05) is 19.6 Å². The van der Waals surface area contributed by atoms with Gasteiger partial charge in [-0.15, -0.1) is 0 Å². The van der Waals surface area contributed by atoms with Gasteiger partial charge < -0.3 is 15.2 Å². The van der Waals surface area contributed by atoms with E-state index in [0.717, 1.165) is 12.0 Å². The maximum absolute atomic E-state index is 13.2.